The fraction of sp³-hybridized carbons (Fsp3) is 0.385. The van der Waals surface area contributed by atoms with Gasteiger partial charge in [-0.1, -0.05) is 37.1 Å². The fourth-order valence-electron chi connectivity index (χ4n) is 4.38. The average Bonchev–Trinajstić information content (AvgIpc) is 3.58. The van der Waals surface area contributed by atoms with Crippen LogP contribution in [0, 0.1) is 6.92 Å². The average molecular weight is 467 g/mol. The number of carbonyl (C=O) groups excluding carboxylic acids is 2. The largest absolute Gasteiger partial charge is 0.496 e. The van der Waals surface area contributed by atoms with Gasteiger partial charge in [0.2, 0.25) is 5.91 Å². The van der Waals surface area contributed by atoms with Gasteiger partial charge < -0.3 is 19.4 Å². The first-order valence-electron chi connectivity index (χ1n) is 11.4. The molecule has 0 radical (unpaired) electrons. The molecule has 1 N–H and O–H groups in total. The number of nitrogens with zero attached hydrogens (tertiary/aromatic N) is 1. The van der Waals surface area contributed by atoms with Crippen LogP contribution in [-0.2, 0) is 22.6 Å². The molecule has 2 aromatic heterocycles. The molecule has 33 heavy (non-hydrogen) atoms. The lowest BCUT2D eigenvalue weighted by Crippen LogP contribution is -2.46. The smallest absolute Gasteiger partial charge is 0.250 e. The summed E-state index contributed by atoms with van der Waals surface area (Å²) in [5.41, 5.74) is 0.835. The van der Waals surface area contributed by atoms with Gasteiger partial charge in [-0.05, 0) is 49.4 Å². The van der Waals surface area contributed by atoms with Gasteiger partial charge in [0, 0.05) is 16.5 Å². The highest BCUT2D eigenvalue weighted by molar-refractivity contribution is 7.10. The molecule has 1 saturated carbocycles. The number of benzene rings is 1. The van der Waals surface area contributed by atoms with Crippen molar-refractivity contribution < 1.29 is 18.7 Å². The van der Waals surface area contributed by atoms with Gasteiger partial charge in [-0.25, -0.2) is 0 Å². The topological polar surface area (TPSA) is 71.8 Å². The molecule has 1 aliphatic rings. The highest BCUT2D eigenvalue weighted by Gasteiger charge is 2.35. The lowest BCUT2D eigenvalue weighted by atomic mass is 10.1. The summed E-state index contributed by atoms with van der Waals surface area (Å²) < 4.78 is 11.4. The molecule has 6 nitrogen and oxygen atoms in total. The number of hydrogen-bond acceptors (Lipinski definition) is 5. The van der Waals surface area contributed by atoms with Gasteiger partial charge in [0.25, 0.3) is 5.91 Å². The Labute approximate surface area is 198 Å². The predicted molar refractivity (Wildman–Crippen MR) is 128 cm³/mol. The van der Waals surface area contributed by atoms with Crippen LogP contribution in [0.3, 0.4) is 0 Å². The second kappa shape index (κ2) is 10.7. The number of rotatable bonds is 9. The Morgan fingerprint density at radius 1 is 1.15 bits per heavy atom. The van der Waals surface area contributed by atoms with Crippen molar-refractivity contribution in [2.75, 3.05) is 7.11 Å². The second-order valence-corrected chi connectivity index (χ2v) is 9.46. The predicted octanol–water partition coefficient (Wildman–Crippen LogP) is 5.03. The summed E-state index contributed by atoms with van der Waals surface area (Å²) in [6.07, 6.45) is 4.37. The number of carbonyl (C=O) groups is 2. The fourth-order valence-corrected chi connectivity index (χ4v) is 5.08. The third kappa shape index (κ3) is 5.66. The van der Waals surface area contributed by atoms with Gasteiger partial charge >= 0.3 is 0 Å². The first-order chi connectivity index (χ1) is 16.0. The van der Waals surface area contributed by atoms with E-state index in [1.807, 2.05) is 54.8 Å². The van der Waals surface area contributed by atoms with Crippen molar-refractivity contribution in [2.45, 2.75) is 57.7 Å². The van der Waals surface area contributed by atoms with E-state index in [2.05, 4.69) is 5.32 Å². The van der Waals surface area contributed by atoms with E-state index in [4.69, 9.17) is 9.15 Å². The zero-order valence-corrected chi connectivity index (χ0v) is 19.9. The summed E-state index contributed by atoms with van der Waals surface area (Å²) in [6.45, 7) is 2.07. The standard InChI is InChI=1S/C26H30N2O4S/c1-18-13-14-23(32-18)25(26(30)27-20-9-4-5-10-20)28(24(29)16-21-11-7-15-33-21)17-19-8-3-6-12-22(19)31-2/h3,6-8,11-15,20,25H,4-5,9-10,16-17H2,1-2H3,(H,27,30)/t25-/m1/s1. The minimum atomic E-state index is -0.864. The molecular formula is C26H30N2O4S. The zero-order chi connectivity index (χ0) is 23.2. The molecule has 0 bridgehead atoms. The molecular weight excluding hydrogens is 436 g/mol. The molecule has 1 fully saturated rings. The van der Waals surface area contributed by atoms with E-state index in [0.717, 1.165) is 36.1 Å². The van der Waals surface area contributed by atoms with E-state index in [1.54, 1.807) is 18.1 Å². The number of ether oxygens (including phenoxy) is 1. The second-order valence-electron chi connectivity index (χ2n) is 8.43. The van der Waals surface area contributed by atoms with Crippen LogP contribution in [0.1, 0.15) is 53.7 Å². The van der Waals surface area contributed by atoms with Crippen molar-refractivity contribution in [3.63, 3.8) is 0 Å². The molecule has 2 amide bonds. The van der Waals surface area contributed by atoms with Crippen LogP contribution < -0.4 is 10.1 Å². The first kappa shape index (κ1) is 23.1. The van der Waals surface area contributed by atoms with E-state index in [0.29, 0.717) is 17.3 Å². The van der Waals surface area contributed by atoms with Crippen LogP contribution in [0.4, 0.5) is 0 Å². The number of hydrogen-bond donors (Lipinski definition) is 1. The number of furan rings is 1. The summed E-state index contributed by atoms with van der Waals surface area (Å²) >= 11 is 1.53. The zero-order valence-electron chi connectivity index (χ0n) is 19.1. The van der Waals surface area contributed by atoms with Crippen LogP contribution in [0.5, 0.6) is 5.75 Å². The maximum absolute atomic E-state index is 13.6. The molecule has 0 spiro atoms. The van der Waals surface area contributed by atoms with E-state index >= 15 is 0 Å². The lowest BCUT2D eigenvalue weighted by Gasteiger charge is -2.31. The summed E-state index contributed by atoms with van der Waals surface area (Å²) in [4.78, 5) is 29.8. The quantitative estimate of drug-likeness (QED) is 0.480. The van der Waals surface area contributed by atoms with Crippen LogP contribution in [0.25, 0.3) is 0 Å². The Kier molecular flexibility index (Phi) is 7.50. The van der Waals surface area contributed by atoms with Gasteiger partial charge in [0.1, 0.15) is 17.3 Å². The Hall–Kier alpha value is -3.06. The number of thiophene rings is 1. The highest BCUT2D eigenvalue weighted by Crippen LogP contribution is 2.30. The van der Waals surface area contributed by atoms with Crippen molar-refractivity contribution in [1.29, 1.82) is 0 Å². The van der Waals surface area contributed by atoms with E-state index in [-0.39, 0.29) is 30.8 Å². The lowest BCUT2D eigenvalue weighted by molar-refractivity contribution is -0.142. The minimum absolute atomic E-state index is 0.135. The van der Waals surface area contributed by atoms with Gasteiger partial charge in [-0.3, -0.25) is 9.59 Å². The molecule has 3 aromatic rings. The Morgan fingerprint density at radius 2 is 1.94 bits per heavy atom. The summed E-state index contributed by atoms with van der Waals surface area (Å²) in [5.74, 6) is 1.51. The minimum Gasteiger partial charge on any atom is -0.496 e. The highest BCUT2D eigenvalue weighted by atomic mass is 32.1. The van der Waals surface area contributed by atoms with E-state index in [1.165, 1.54) is 11.3 Å². The van der Waals surface area contributed by atoms with Crippen LogP contribution >= 0.6 is 11.3 Å². The van der Waals surface area contributed by atoms with Crippen LogP contribution in [0.2, 0.25) is 0 Å². The first-order valence-corrected chi connectivity index (χ1v) is 12.2. The van der Waals surface area contributed by atoms with E-state index in [9.17, 15) is 9.59 Å². The number of para-hydroxylation sites is 1. The van der Waals surface area contributed by atoms with Crippen molar-refractivity contribution in [1.82, 2.24) is 10.2 Å². The Morgan fingerprint density at radius 3 is 2.61 bits per heavy atom. The Balaban J connectivity index is 1.70. The van der Waals surface area contributed by atoms with Crippen molar-refractivity contribution in [2.24, 2.45) is 0 Å². The molecule has 1 aromatic carbocycles. The molecule has 0 unspecified atom stereocenters. The molecule has 1 atom stereocenters. The molecule has 174 valence electrons. The van der Waals surface area contributed by atoms with Crippen LogP contribution in [0.15, 0.2) is 58.3 Å². The monoisotopic (exact) mass is 466 g/mol. The summed E-state index contributed by atoms with van der Waals surface area (Å²) in [6, 6.07) is 14.3. The molecule has 0 saturated heterocycles. The third-order valence-electron chi connectivity index (χ3n) is 6.05. The number of amides is 2. The van der Waals surface area contributed by atoms with Gasteiger partial charge in [-0.2, -0.15) is 0 Å². The summed E-state index contributed by atoms with van der Waals surface area (Å²) in [5, 5.41) is 5.13. The molecule has 2 heterocycles. The number of methoxy groups -OCH3 is 1. The van der Waals surface area contributed by atoms with Gasteiger partial charge in [-0.15, -0.1) is 11.3 Å². The van der Waals surface area contributed by atoms with Crippen molar-refractivity contribution >= 4 is 23.2 Å². The normalized spacial score (nSPS) is 14.7. The Bertz CT molecular complexity index is 1070. The maximum atomic E-state index is 13.6. The molecule has 1 aliphatic carbocycles. The number of nitrogens with one attached hydrogen (secondary N) is 1. The van der Waals surface area contributed by atoms with Crippen molar-refractivity contribution in [3.8, 4) is 5.75 Å². The third-order valence-corrected chi connectivity index (χ3v) is 6.93. The van der Waals surface area contributed by atoms with Gasteiger partial charge in [0.05, 0.1) is 20.1 Å². The molecule has 7 heteroatoms. The van der Waals surface area contributed by atoms with Gasteiger partial charge in [0.15, 0.2) is 6.04 Å². The summed E-state index contributed by atoms with van der Waals surface area (Å²) in [7, 11) is 1.61. The molecule has 0 aliphatic heterocycles. The van der Waals surface area contributed by atoms with Crippen LogP contribution in [-0.4, -0.2) is 29.9 Å². The van der Waals surface area contributed by atoms with Crippen molar-refractivity contribution in [3.05, 3.63) is 75.9 Å². The molecule has 4 rings (SSSR count). The van der Waals surface area contributed by atoms with E-state index < -0.39 is 6.04 Å². The number of aryl methyl sites for hydroxylation is 1. The SMILES string of the molecule is COc1ccccc1CN(C(=O)Cc1cccs1)[C@@H](C(=O)NC1CCCC1)c1ccc(C)o1. The maximum Gasteiger partial charge on any atom is 0.250 e.